The topological polar surface area (TPSA) is 102 Å². The zero-order valence-electron chi connectivity index (χ0n) is 17.7. The van der Waals surface area contributed by atoms with E-state index in [-0.39, 0.29) is 12.0 Å². The first-order chi connectivity index (χ1) is 15.1. The second-order valence-electron chi connectivity index (χ2n) is 8.03. The number of likely N-dealkylation sites (tertiary alicyclic amines) is 1. The molecule has 1 saturated heterocycles. The number of amides is 1. The van der Waals surface area contributed by atoms with Crippen LogP contribution in [0.4, 0.5) is 5.82 Å². The molecule has 9 nitrogen and oxygen atoms in total. The highest BCUT2D eigenvalue weighted by Crippen LogP contribution is 2.32. The fourth-order valence-electron chi connectivity index (χ4n) is 3.88. The highest BCUT2D eigenvalue weighted by Gasteiger charge is 2.36. The Hall–Kier alpha value is -3.54. The predicted octanol–water partition coefficient (Wildman–Crippen LogP) is 1.77. The number of anilines is 1. The number of fused-ring (bicyclic) bond motifs is 1. The van der Waals surface area contributed by atoms with E-state index < -0.39 is 0 Å². The molecule has 1 atom stereocenters. The van der Waals surface area contributed by atoms with Crippen LogP contribution in [0.15, 0.2) is 18.7 Å². The number of hydrogen-bond acceptors (Lipinski definition) is 7. The van der Waals surface area contributed by atoms with E-state index in [1.165, 1.54) is 0 Å². The zero-order chi connectivity index (χ0) is 21.4. The summed E-state index contributed by atoms with van der Waals surface area (Å²) < 4.78 is 1.97. The standard InChI is InChI=1S/C22H24N8O/c1-3-30-18(7-4-15-10-23-14(2)24-11-15)28-19-20(25-13-26-21(19)30)27-17-8-9-29(12-17)22(31)16-5-6-16/h10-11,13,16-17H,3,5-6,8-9,12H2,1-2H3,(H,25,26,27)/t17-/m0/s1. The molecule has 1 aliphatic carbocycles. The van der Waals surface area contributed by atoms with Crippen LogP contribution in [0.5, 0.6) is 0 Å². The number of carbonyl (C=O) groups is 1. The average molecular weight is 416 g/mol. The van der Waals surface area contributed by atoms with Gasteiger partial charge >= 0.3 is 0 Å². The Labute approximate surface area is 180 Å². The average Bonchev–Trinajstić information content (AvgIpc) is 3.42. The van der Waals surface area contributed by atoms with E-state index in [9.17, 15) is 4.79 Å². The lowest BCUT2D eigenvalue weighted by atomic mass is 10.2. The van der Waals surface area contributed by atoms with Crippen molar-refractivity contribution in [1.82, 2.24) is 34.4 Å². The summed E-state index contributed by atoms with van der Waals surface area (Å²) in [5, 5.41) is 3.48. The van der Waals surface area contributed by atoms with Gasteiger partial charge in [0.15, 0.2) is 22.8 Å². The summed E-state index contributed by atoms with van der Waals surface area (Å²) >= 11 is 0. The number of nitrogens with zero attached hydrogens (tertiary/aromatic N) is 7. The number of aromatic nitrogens is 6. The number of nitrogens with one attached hydrogen (secondary N) is 1. The molecule has 1 saturated carbocycles. The molecule has 5 rings (SSSR count). The van der Waals surface area contributed by atoms with Gasteiger partial charge in [0, 0.05) is 44.0 Å². The summed E-state index contributed by atoms with van der Waals surface area (Å²) in [7, 11) is 0. The van der Waals surface area contributed by atoms with Crippen LogP contribution in [-0.4, -0.2) is 59.4 Å². The van der Waals surface area contributed by atoms with Crippen LogP contribution in [0.3, 0.4) is 0 Å². The Kier molecular flexibility index (Phi) is 4.98. The van der Waals surface area contributed by atoms with Crippen LogP contribution in [0.25, 0.3) is 11.2 Å². The van der Waals surface area contributed by atoms with Gasteiger partial charge in [0.2, 0.25) is 5.91 Å². The Bertz CT molecular complexity index is 1190. The van der Waals surface area contributed by atoms with E-state index in [4.69, 9.17) is 4.98 Å². The molecular weight excluding hydrogens is 392 g/mol. The van der Waals surface area contributed by atoms with Crippen molar-refractivity contribution in [3.8, 4) is 11.8 Å². The third kappa shape index (κ3) is 3.93. The number of rotatable bonds is 4. The third-order valence-corrected chi connectivity index (χ3v) is 5.72. The molecule has 1 amide bonds. The van der Waals surface area contributed by atoms with Crippen molar-refractivity contribution >= 4 is 22.9 Å². The van der Waals surface area contributed by atoms with Gasteiger partial charge in [-0.1, -0.05) is 5.92 Å². The molecule has 9 heteroatoms. The van der Waals surface area contributed by atoms with Gasteiger partial charge in [0.25, 0.3) is 0 Å². The van der Waals surface area contributed by atoms with Crippen LogP contribution in [0.2, 0.25) is 0 Å². The van der Waals surface area contributed by atoms with E-state index in [1.807, 2.05) is 23.3 Å². The molecule has 31 heavy (non-hydrogen) atoms. The Balaban J connectivity index is 1.40. The molecule has 2 fully saturated rings. The van der Waals surface area contributed by atoms with Crippen molar-refractivity contribution in [3.63, 3.8) is 0 Å². The van der Waals surface area contributed by atoms with Gasteiger partial charge in [-0.25, -0.2) is 24.9 Å². The Morgan fingerprint density at radius 2 is 1.97 bits per heavy atom. The minimum absolute atomic E-state index is 0.159. The SMILES string of the molecule is CCn1c(C#Cc2cnc(C)nc2)nc2c(N[C@H]3CCN(C(=O)C4CC4)C3)ncnc21. The highest BCUT2D eigenvalue weighted by molar-refractivity contribution is 5.84. The highest BCUT2D eigenvalue weighted by atomic mass is 16.2. The number of imidazole rings is 1. The molecule has 3 aromatic rings. The smallest absolute Gasteiger partial charge is 0.225 e. The van der Waals surface area contributed by atoms with E-state index in [0.717, 1.165) is 37.0 Å². The van der Waals surface area contributed by atoms with E-state index >= 15 is 0 Å². The quantitative estimate of drug-likeness (QED) is 0.647. The van der Waals surface area contributed by atoms with Crippen LogP contribution in [-0.2, 0) is 11.3 Å². The van der Waals surface area contributed by atoms with E-state index in [2.05, 4.69) is 37.1 Å². The molecule has 2 aliphatic rings. The number of aryl methyl sites for hydroxylation is 2. The Morgan fingerprint density at radius 3 is 2.71 bits per heavy atom. The summed E-state index contributed by atoms with van der Waals surface area (Å²) in [6.45, 7) is 6.06. The summed E-state index contributed by atoms with van der Waals surface area (Å²) in [5.74, 6) is 8.77. The molecule has 0 spiro atoms. The second-order valence-corrected chi connectivity index (χ2v) is 8.03. The first-order valence-electron chi connectivity index (χ1n) is 10.7. The van der Waals surface area contributed by atoms with Crippen LogP contribution < -0.4 is 5.32 Å². The lowest BCUT2D eigenvalue weighted by Gasteiger charge is -2.17. The molecule has 0 radical (unpaired) electrons. The van der Waals surface area contributed by atoms with E-state index in [1.54, 1.807) is 18.7 Å². The first kappa shape index (κ1) is 19.4. The van der Waals surface area contributed by atoms with Crippen LogP contribution in [0.1, 0.15) is 43.4 Å². The maximum Gasteiger partial charge on any atom is 0.225 e. The second kappa shape index (κ2) is 7.95. The molecule has 4 heterocycles. The van der Waals surface area contributed by atoms with Gasteiger partial charge in [-0.3, -0.25) is 4.79 Å². The Morgan fingerprint density at radius 1 is 1.16 bits per heavy atom. The molecule has 1 N–H and O–H groups in total. The van der Waals surface area contributed by atoms with Gasteiger partial charge in [-0.15, -0.1) is 0 Å². The van der Waals surface area contributed by atoms with Crippen molar-refractivity contribution in [2.24, 2.45) is 5.92 Å². The van der Waals surface area contributed by atoms with Crippen molar-refractivity contribution in [3.05, 3.63) is 35.9 Å². The van der Waals surface area contributed by atoms with Gasteiger partial charge < -0.3 is 14.8 Å². The third-order valence-electron chi connectivity index (χ3n) is 5.72. The molecule has 3 aromatic heterocycles. The van der Waals surface area contributed by atoms with Crippen molar-refractivity contribution in [2.75, 3.05) is 18.4 Å². The fraction of sp³-hybridized carbons (Fsp3) is 0.455. The first-order valence-corrected chi connectivity index (χ1v) is 10.7. The minimum Gasteiger partial charge on any atom is -0.364 e. The molecule has 0 aromatic carbocycles. The zero-order valence-corrected chi connectivity index (χ0v) is 17.7. The largest absolute Gasteiger partial charge is 0.364 e. The van der Waals surface area contributed by atoms with E-state index in [0.29, 0.717) is 42.0 Å². The number of hydrogen-bond donors (Lipinski definition) is 1. The summed E-state index contributed by atoms with van der Waals surface area (Å²) in [6, 6.07) is 0.159. The van der Waals surface area contributed by atoms with Gasteiger partial charge in [0.1, 0.15) is 12.2 Å². The molecular formula is C22H24N8O. The normalized spacial score (nSPS) is 18.1. The maximum absolute atomic E-state index is 12.3. The summed E-state index contributed by atoms with van der Waals surface area (Å²) in [4.78, 5) is 36.3. The van der Waals surface area contributed by atoms with Gasteiger partial charge in [-0.2, -0.15) is 0 Å². The monoisotopic (exact) mass is 416 g/mol. The predicted molar refractivity (Wildman–Crippen MR) is 115 cm³/mol. The van der Waals surface area contributed by atoms with Crippen molar-refractivity contribution in [2.45, 2.75) is 45.7 Å². The molecule has 0 bridgehead atoms. The van der Waals surface area contributed by atoms with Crippen LogP contribution in [0, 0.1) is 24.7 Å². The van der Waals surface area contributed by atoms with Crippen molar-refractivity contribution < 1.29 is 4.79 Å². The lowest BCUT2D eigenvalue weighted by molar-refractivity contribution is -0.131. The molecule has 0 unspecified atom stereocenters. The van der Waals surface area contributed by atoms with Gasteiger partial charge in [0.05, 0.1) is 5.56 Å². The molecule has 158 valence electrons. The van der Waals surface area contributed by atoms with Gasteiger partial charge in [-0.05, 0) is 39.0 Å². The molecule has 1 aliphatic heterocycles. The fourth-order valence-corrected chi connectivity index (χ4v) is 3.88. The maximum atomic E-state index is 12.3. The lowest BCUT2D eigenvalue weighted by Crippen LogP contribution is -2.32. The number of carbonyl (C=O) groups excluding carboxylic acids is 1. The minimum atomic E-state index is 0.159. The summed E-state index contributed by atoms with van der Waals surface area (Å²) in [6.07, 6.45) is 7.93. The van der Waals surface area contributed by atoms with Crippen molar-refractivity contribution in [1.29, 1.82) is 0 Å². The van der Waals surface area contributed by atoms with Crippen LogP contribution >= 0.6 is 0 Å². The summed E-state index contributed by atoms with van der Waals surface area (Å²) in [5.41, 5.74) is 2.17.